The molecular weight excluding hydrogens is 272 g/mol. The number of nitrogens with two attached hydrogens (primary N) is 1. The van der Waals surface area contributed by atoms with Crippen LogP contribution in [0.15, 0.2) is 59.0 Å². The Kier molecular flexibility index (Phi) is 3.25. The molecule has 0 aliphatic heterocycles. The van der Waals surface area contributed by atoms with E-state index in [9.17, 15) is 0 Å². The average Bonchev–Trinajstić information content (AvgIpc) is 3.10. The summed E-state index contributed by atoms with van der Waals surface area (Å²) in [5, 5.41) is 4.82. The Morgan fingerprint density at radius 1 is 1.09 bits per heavy atom. The molecule has 0 fully saturated rings. The highest BCUT2D eigenvalue weighted by Crippen LogP contribution is 2.38. The summed E-state index contributed by atoms with van der Waals surface area (Å²) in [6.45, 7) is 2.14. The molecule has 0 spiro atoms. The van der Waals surface area contributed by atoms with Gasteiger partial charge in [-0.3, -0.25) is 0 Å². The van der Waals surface area contributed by atoms with Crippen molar-refractivity contribution in [3.63, 3.8) is 0 Å². The molecule has 1 heterocycles. The maximum Gasteiger partial charge on any atom is 0.134 e. The standard InChI is InChI=1S/C19H20N2O/c1-12(19-10-13-6-2-5-9-18(13)22-19)21-17-11-16(20)14-7-3-4-8-15(14)17/h2-10,12,16-17,21H,11,20H2,1H3. The number of benzene rings is 2. The first-order chi connectivity index (χ1) is 10.7. The molecule has 1 aliphatic rings. The Labute approximate surface area is 130 Å². The molecule has 3 nitrogen and oxygen atoms in total. The average molecular weight is 292 g/mol. The molecule has 3 N–H and O–H groups in total. The predicted octanol–water partition coefficient (Wildman–Crippen LogP) is 4.23. The van der Waals surface area contributed by atoms with Gasteiger partial charge < -0.3 is 15.5 Å². The summed E-state index contributed by atoms with van der Waals surface area (Å²) >= 11 is 0. The van der Waals surface area contributed by atoms with Crippen LogP contribution in [0, 0.1) is 0 Å². The molecule has 0 saturated heterocycles. The topological polar surface area (TPSA) is 51.2 Å². The van der Waals surface area contributed by atoms with Crippen molar-refractivity contribution < 1.29 is 4.42 Å². The largest absolute Gasteiger partial charge is 0.459 e. The summed E-state index contributed by atoms with van der Waals surface area (Å²) in [7, 11) is 0. The van der Waals surface area contributed by atoms with Crippen LogP contribution in [-0.4, -0.2) is 0 Å². The highest BCUT2D eigenvalue weighted by atomic mass is 16.3. The van der Waals surface area contributed by atoms with Gasteiger partial charge in [-0.1, -0.05) is 42.5 Å². The molecule has 112 valence electrons. The van der Waals surface area contributed by atoms with Crippen LogP contribution in [0.5, 0.6) is 0 Å². The molecule has 3 aromatic rings. The fraction of sp³-hybridized carbons (Fsp3) is 0.263. The molecule has 0 saturated carbocycles. The van der Waals surface area contributed by atoms with E-state index in [1.165, 1.54) is 11.1 Å². The van der Waals surface area contributed by atoms with Crippen molar-refractivity contribution in [3.8, 4) is 0 Å². The lowest BCUT2D eigenvalue weighted by Crippen LogP contribution is -2.23. The molecule has 3 unspecified atom stereocenters. The van der Waals surface area contributed by atoms with E-state index in [0.29, 0.717) is 0 Å². The molecule has 2 aromatic carbocycles. The number of rotatable bonds is 3. The summed E-state index contributed by atoms with van der Waals surface area (Å²) in [5.41, 5.74) is 9.77. The van der Waals surface area contributed by atoms with Crippen molar-refractivity contribution in [1.29, 1.82) is 0 Å². The van der Waals surface area contributed by atoms with E-state index in [0.717, 1.165) is 23.2 Å². The quantitative estimate of drug-likeness (QED) is 0.759. The summed E-state index contributed by atoms with van der Waals surface area (Å²) in [4.78, 5) is 0. The van der Waals surface area contributed by atoms with Crippen LogP contribution < -0.4 is 11.1 Å². The first-order valence-corrected chi connectivity index (χ1v) is 7.81. The van der Waals surface area contributed by atoms with Crippen molar-refractivity contribution >= 4 is 11.0 Å². The van der Waals surface area contributed by atoms with Gasteiger partial charge in [0.25, 0.3) is 0 Å². The van der Waals surface area contributed by atoms with Gasteiger partial charge >= 0.3 is 0 Å². The second-order valence-corrected chi connectivity index (χ2v) is 6.10. The minimum atomic E-state index is 0.122. The van der Waals surface area contributed by atoms with Crippen LogP contribution in [0.25, 0.3) is 11.0 Å². The van der Waals surface area contributed by atoms with Crippen LogP contribution in [-0.2, 0) is 0 Å². The Hall–Kier alpha value is -2.10. The van der Waals surface area contributed by atoms with Gasteiger partial charge in [-0.15, -0.1) is 0 Å². The van der Waals surface area contributed by atoms with Crippen LogP contribution in [0.3, 0.4) is 0 Å². The highest BCUT2D eigenvalue weighted by Gasteiger charge is 2.29. The summed E-state index contributed by atoms with van der Waals surface area (Å²) in [6.07, 6.45) is 0.934. The van der Waals surface area contributed by atoms with E-state index in [-0.39, 0.29) is 18.1 Å². The number of furan rings is 1. The molecule has 1 aromatic heterocycles. The molecule has 22 heavy (non-hydrogen) atoms. The smallest absolute Gasteiger partial charge is 0.134 e. The second-order valence-electron chi connectivity index (χ2n) is 6.10. The second kappa shape index (κ2) is 5.27. The van der Waals surface area contributed by atoms with E-state index in [2.05, 4.69) is 48.6 Å². The summed E-state index contributed by atoms with van der Waals surface area (Å²) < 4.78 is 5.96. The Morgan fingerprint density at radius 3 is 2.64 bits per heavy atom. The first kappa shape index (κ1) is 13.6. The zero-order chi connectivity index (χ0) is 15.1. The number of hydrogen-bond acceptors (Lipinski definition) is 3. The van der Waals surface area contributed by atoms with Gasteiger partial charge in [0.05, 0.1) is 6.04 Å². The molecule has 0 bridgehead atoms. The van der Waals surface area contributed by atoms with Crippen molar-refractivity contribution in [3.05, 3.63) is 71.5 Å². The SMILES string of the molecule is CC(NC1CC(N)c2ccccc21)c1cc2ccccc2o1. The fourth-order valence-corrected chi connectivity index (χ4v) is 3.43. The van der Waals surface area contributed by atoms with Crippen molar-refractivity contribution in [1.82, 2.24) is 5.32 Å². The number of hydrogen-bond donors (Lipinski definition) is 2. The van der Waals surface area contributed by atoms with Gasteiger partial charge in [-0.05, 0) is 36.6 Å². The molecule has 0 amide bonds. The molecule has 0 radical (unpaired) electrons. The van der Waals surface area contributed by atoms with Gasteiger partial charge in [0.1, 0.15) is 11.3 Å². The van der Waals surface area contributed by atoms with Crippen LogP contribution in [0.1, 0.15) is 48.4 Å². The van der Waals surface area contributed by atoms with E-state index >= 15 is 0 Å². The molecule has 4 rings (SSSR count). The van der Waals surface area contributed by atoms with Gasteiger partial charge in [0.2, 0.25) is 0 Å². The number of fused-ring (bicyclic) bond motifs is 2. The van der Waals surface area contributed by atoms with E-state index < -0.39 is 0 Å². The van der Waals surface area contributed by atoms with Crippen LogP contribution in [0.4, 0.5) is 0 Å². The summed E-state index contributed by atoms with van der Waals surface area (Å²) in [6, 6.07) is 19.2. The van der Waals surface area contributed by atoms with Gasteiger partial charge in [0, 0.05) is 17.5 Å². The third-order valence-electron chi connectivity index (χ3n) is 4.58. The maximum absolute atomic E-state index is 6.25. The monoisotopic (exact) mass is 292 g/mol. The third-order valence-corrected chi connectivity index (χ3v) is 4.58. The van der Waals surface area contributed by atoms with E-state index in [1.807, 2.05) is 18.2 Å². The molecule has 3 heteroatoms. The van der Waals surface area contributed by atoms with Gasteiger partial charge in [-0.25, -0.2) is 0 Å². The highest BCUT2D eigenvalue weighted by molar-refractivity contribution is 5.77. The van der Waals surface area contributed by atoms with Gasteiger partial charge in [-0.2, -0.15) is 0 Å². The Balaban J connectivity index is 1.59. The molecule has 3 atom stereocenters. The zero-order valence-electron chi connectivity index (χ0n) is 12.6. The first-order valence-electron chi connectivity index (χ1n) is 7.81. The van der Waals surface area contributed by atoms with E-state index in [1.54, 1.807) is 0 Å². The molecule has 1 aliphatic carbocycles. The predicted molar refractivity (Wildman–Crippen MR) is 88.5 cm³/mol. The minimum absolute atomic E-state index is 0.122. The lowest BCUT2D eigenvalue weighted by atomic mass is 10.1. The van der Waals surface area contributed by atoms with Crippen molar-refractivity contribution in [2.75, 3.05) is 0 Å². The molecular formula is C19H20N2O. The van der Waals surface area contributed by atoms with Crippen molar-refractivity contribution in [2.24, 2.45) is 5.73 Å². The Morgan fingerprint density at radius 2 is 1.82 bits per heavy atom. The summed E-state index contributed by atoms with van der Waals surface area (Å²) in [5.74, 6) is 0.971. The van der Waals surface area contributed by atoms with E-state index in [4.69, 9.17) is 10.2 Å². The lowest BCUT2D eigenvalue weighted by Gasteiger charge is -2.18. The number of nitrogens with one attached hydrogen (secondary N) is 1. The third kappa shape index (κ3) is 2.23. The normalized spacial score (nSPS) is 21.9. The lowest BCUT2D eigenvalue weighted by molar-refractivity contribution is 0.394. The number of para-hydroxylation sites is 1. The Bertz CT molecular complexity index is 775. The van der Waals surface area contributed by atoms with Crippen LogP contribution in [0.2, 0.25) is 0 Å². The fourth-order valence-electron chi connectivity index (χ4n) is 3.43. The maximum atomic E-state index is 6.25. The van der Waals surface area contributed by atoms with Gasteiger partial charge in [0.15, 0.2) is 0 Å². The zero-order valence-corrected chi connectivity index (χ0v) is 12.6. The van der Waals surface area contributed by atoms with Crippen molar-refractivity contribution in [2.45, 2.75) is 31.5 Å². The minimum Gasteiger partial charge on any atom is -0.459 e. The van der Waals surface area contributed by atoms with Crippen LogP contribution >= 0.6 is 0 Å².